The zero-order chi connectivity index (χ0) is 14.1. The van der Waals surface area contributed by atoms with Crippen molar-refractivity contribution in [2.24, 2.45) is 0 Å². The molecule has 1 unspecified atom stereocenters. The van der Waals surface area contributed by atoms with Gasteiger partial charge in [-0.1, -0.05) is 23.7 Å². The average molecular weight is 283 g/mol. The molecule has 3 aromatic rings. The van der Waals surface area contributed by atoms with E-state index in [2.05, 4.69) is 25.4 Å². The fourth-order valence-electron chi connectivity index (χ4n) is 2.78. The molecule has 0 amide bonds. The largest absolute Gasteiger partial charge is 0.342 e. The minimum absolute atomic E-state index is 0.204. The number of nitrogens with one attached hydrogen (secondary N) is 2. The third-order valence-electron chi connectivity index (χ3n) is 3.86. The number of hydrogen-bond donors (Lipinski definition) is 2. The van der Waals surface area contributed by atoms with Crippen molar-refractivity contribution in [3.63, 3.8) is 0 Å². The normalized spacial score (nSPS) is 19.1. The van der Waals surface area contributed by atoms with Gasteiger partial charge in [-0.3, -0.25) is 0 Å². The summed E-state index contributed by atoms with van der Waals surface area (Å²) in [6, 6.07) is 8.18. The van der Waals surface area contributed by atoms with Crippen LogP contribution in [0.25, 0.3) is 11.0 Å². The molecule has 6 nitrogen and oxygen atoms in total. The van der Waals surface area contributed by atoms with Crippen molar-refractivity contribution in [2.75, 3.05) is 6.54 Å². The summed E-state index contributed by atoms with van der Waals surface area (Å²) in [6.07, 6.45) is 4.05. The number of benzene rings is 1. The molecule has 108 valence electrons. The van der Waals surface area contributed by atoms with Crippen LogP contribution in [0, 0.1) is 0 Å². The summed E-state index contributed by atoms with van der Waals surface area (Å²) in [6.45, 7) is 1.02. The van der Waals surface area contributed by atoms with Gasteiger partial charge >= 0.3 is 0 Å². The highest BCUT2D eigenvalue weighted by Gasteiger charge is 2.21. The molecule has 1 fully saturated rings. The minimum atomic E-state index is 0.204. The maximum absolute atomic E-state index is 5.39. The third kappa shape index (κ3) is 2.54. The summed E-state index contributed by atoms with van der Waals surface area (Å²) in [7, 11) is 0. The van der Waals surface area contributed by atoms with Crippen LogP contribution in [-0.4, -0.2) is 26.7 Å². The number of nitrogens with zero attached hydrogens (tertiary/aromatic N) is 3. The lowest BCUT2D eigenvalue weighted by Crippen LogP contribution is -2.27. The Balaban J connectivity index is 1.52. The van der Waals surface area contributed by atoms with E-state index in [4.69, 9.17) is 4.52 Å². The first-order valence-electron chi connectivity index (χ1n) is 7.38. The molecule has 0 saturated carbocycles. The molecule has 6 heteroatoms. The molecule has 3 heterocycles. The molecular formula is C15H17N5O. The Bertz CT molecular complexity index is 708. The molecule has 0 radical (unpaired) electrons. The Hall–Kier alpha value is -2.21. The molecule has 1 aromatic carbocycles. The van der Waals surface area contributed by atoms with Gasteiger partial charge in [0.1, 0.15) is 5.82 Å². The van der Waals surface area contributed by atoms with Gasteiger partial charge in [-0.15, -0.1) is 0 Å². The monoisotopic (exact) mass is 283 g/mol. The van der Waals surface area contributed by atoms with E-state index in [9.17, 15) is 0 Å². The van der Waals surface area contributed by atoms with Gasteiger partial charge in [0.25, 0.3) is 0 Å². The van der Waals surface area contributed by atoms with Gasteiger partial charge in [-0.2, -0.15) is 4.98 Å². The summed E-state index contributed by atoms with van der Waals surface area (Å²) in [4.78, 5) is 12.3. The summed E-state index contributed by atoms with van der Waals surface area (Å²) >= 11 is 0. The lowest BCUT2D eigenvalue weighted by Gasteiger charge is -2.19. The van der Waals surface area contributed by atoms with Crippen LogP contribution in [0.3, 0.4) is 0 Å². The topological polar surface area (TPSA) is 79.6 Å². The lowest BCUT2D eigenvalue weighted by molar-refractivity contribution is 0.296. The van der Waals surface area contributed by atoms with Gasteiger partial charge < -0.3 is 14.8 Å². The number of rotatable bonds is 3. The highest BCUT2D eigenvalue weighted by atomic mass is 16.5. The molecule has 0 spiro atoms. The Kier molecular flexibility index (Phi) is 3.16. The minimum Gasteiger partial charge on any atom is -0.342 e. The maximum Gasteiger partial charge on any atom is 0.243 e. The van der Waals surface area contributed by atoms with Crippen LogP contribution in [-0.2, 0) is 6.42 Å². The maximum atomic E-state index is 5.39. The zero-order valence-corrected chi connectivity index (χ0v) is 11.7. The number of aromatic nitrogens is 4. The quantitative estimate of drug-likeness (QED) is 0.771. The number of fused-ring (bicyclic) bond motifs is 1. The molecule has 4 rings (SSSR count). The van der Waals surface area contributed by atoms with Gasteiger partial charge in [0.05, 0.1) is 23.5 Å². The zero-order valence-electron chi connectivity index (χ0n) is 11.7. The molecule has 1 saturated heterocycles. The number of aromatic amines is 1. The fraction of sp³-hybridized carbons (Fsp3) is 0.400. The van der Waals surface area contributed by atoms with E-state index in [1.165, 1.54) is 12.8 Å². The highest BCUT2D eigenvalue weighted by molar-refractivity contribution is 5.74. The molecule has 0 bridgehead atoms. The number of piperidine rings is 1. The summed E-state index contributed by atoms with van der Waals surface area (Å²) in [5.74, 6) is 2.23. The summed E-state index contributed by atoms with van der Waals surface area (Å²) < 4.78 is 5.39. The first kappa shape index (κ1) is 12.5. The van der Waals surface area contributed by atoms with Gasteiger partial charge in [0.2, 0.25) is 5.89 Å². The third-order valence-corrected chi connectivity index (χ3v) is 3.86. The van der Waals surface area contributed by atoms with Crippen LogP contribution < -0.4 is 5.32 Å². The van der Waals surface area contributed by atoms with Crippen LogP contribution in [0.5, 0.6) is 0 Å². The lowest BCUT2D eigenvalue weighted by atomic mass is 10.1. The Morgan fingerprint density at radius 3 is 3.00 bits per heavy atom. The Morgan fingerprint density at radius 2 is 2.14 bits per heavy atom. The van der Waals surface area contributed by atoms with Crippen LogP contribution >= 0.6 is 0 Å². The molecule has 1 atom stereocenters. The summed E-state index contributed by atoms with van der Waals surface area (Å²) in [5.41, 5.74) is 2.00. The van der Waals surface area contributed by atoms with Crippen LogP contribution in [0.1, 0.15) is 42.8 Å². The predicted octanol–water partition coefficient (Wildman–Crippen LogP) is 2.35. The van der Waals surface area contributed by atoms with Gasteiger partial charge in [-0.05, 0) is 31.5 Å². The molecule has 21 heavy (non-hydrogen) atoms. The van der Waals surface area contributed by atoms with Crippen molar-refractivity contribution in [1.29, 1.82) is 0 Å². The van der Waals surface area contributed by atoms with Crippen molar-refractivity contribution >= 4 is 11.0 Å². The van der Waals surface area contributed by atoms with E-state index >= 15 is 0 Å². The first-order chi connectivity index (χ1) is 10.4. The first-order valence-corrected chi connectivity index (χ1v) is 7.38. The second kappa shape index (κ2) is 5.29. The van der Waals surface area contributed by atoms with Gasteiger partial charge in [0.15, 0.2) is 5.82 Å². The van der Waals surface area contributed by atoms with Crippen molar-refractivity contribution in [1.82, 2.24) is 25.4 Å². The van der Waals surface area contributed by atoms with E-state index in [0.29, 0.717) is 18.1 Å². The molecule has 2 N–H and O–H groups in total. The highest BCUT2D eigenvalue weighted by Crippen LogP contribution is 2.21. The standard InChI is InChI=1S/C15H17N5O/c1-2-6-11-10(5-1)17-13(18-11)9-14-19-15(21-20-14)12-7-3-4-8-16-12/h1-2,5-6,12,16H,3-4,7-9H2,(H,17,18). The van der Waals surface area contributed by atoms with Crippen molar-refractivity contribution in [3.8, 4) is 0 Å². The number of para-hydroxylation sites is 2. The average Bonchev–Trinajstić information content (AvgIpc) is 3.14. The SMILES string of the molecule is c1ccc2[nH]c(Cc3noc(C4CCCCN4)n3)nc2c1. The summed E-state index contributed by atoms with van der Waals surface area (Å²) in [5, 5.41) is 7.49. The molecule has 0 aliphatic carbocycles. The van der Waals surface area contributed by atoms with E-state index in [-0.39, 0.29) is 6.04 Å². The number of imidazole rings is 1. The van der Waals surface area contributed by atoms with Crippen LogP contribution in [0.2, 0.25) is 0 Å². The van der Waals surface area contributed by atoms with Crippen LogP contribution in [0.4, 0.5) is 0 Å². The van der Waals surface area contributed by atoms with E-state index in [1.54, 1.807) is 0 Å². The van der Waals surface area contributed by atoms with Crippen molar-refractivity contribution in [2.45, 2.75) is 31.7 Å². The van der Waals surface area contributed by atoms with E-state index < -0.39 is 0 Å². The molecule has 1 aliphatic rings. The van der Waals surface area contributed by atoms with Crippen molar-refractivity contribution in [3.05, 3.63) is 41.8 Å². The predicted molar refractivity (Wildman–Crippen MR) is 77.8 cm³/mol. The molecular weight excluding hydrogens is 266 g/mol. The van der Waals surface area contributed by atoms with E-state index in [1.807, 2.05) is 24.3 Å². The number of hydrogen-bond acceptors (Lipinski definition) is 5. The fourth-order valence-corrected chi connectivity index (χ4v) is 2.78. The van der Waals surface area contributed by atoms with Gasteiger partial charge in [0, 0.05) is 0 Å². The Morgan fingerprint density at radius 1 is 1.19 bits per heavy atom. The van der Waals surface area contributed by atoms with Gasteiger partial charge in [-0.25, -0.2) is 4.98 Å². The van der Waals surface area contributed by atoms with Crippen LogP contribution in [0.15, 0.2) is 28.8 Å². The smallest absolute Gasteiger partial charge is 0.243 e. The van der Waals surface area contributed by atoms with E-state index in [0.717, 1.165) is 29.8 Å². The Labute approximate surface area is 122 Å². The van der Waals surface area contributed by atoms with Crippen molar-refractivity contribution < 1.29 is 4.52 Å². The molecule has 2 aromatic heterocycles. The molecule has 1 aliphatic heterocycles. The second-order valence-electron chi connectivity index (χ2n) is 5.43. The second-order valence-corrected chi connectivity index (χ2v) is 5.43. The number of H-pyrrole nitrogens is 1.